The average Bonchev–Trinajstić information content (AvgIpc) is 2.54. The minimum atomic E-state index is -1.19. The third-order valence-corrected chi connectivity index (χ3v) is 3.92. The number of hydrogen-bond acceptors (Lipinski definition) is 4. The van der Waals surface area contributed by atoms with E-state index in [1.807, 2.05) is 0 Å². The molecular formula is C17H15Cl2N3O4. The van der Waals surface area contributed by atoms with Crippen LogP contribution in [0.2, 0.25) is 10.0 Å². The summed E-state index contributed by atoms with van der Waals surface area (Å²) in [7, 11) is 0. The molecule has 0 unspecified atom stereocenters. The Balaban J connectivity index is 2.31. The number of anilines is 2. The zero-order chi connectivity index (χ0) is 19.4. The van der Waals surface area contributed by atoms with Gasteiger partial charge in [0.25, 0.3) is 11.8 Å². The molecule has 0 aliphatic rings. The lowest BCUT2D eigenvalue weighted by Gasteiger charge is -2.14. The lowest BCUT2D eigenvalue weighted by atomic mass is 10.1. The fourth-order valence-electron chi connectivity index (χ4n) is 2.08. The van der Waals surface area contributed by atoms with E-state index in [1.165, 1.54) is 43.3 Å². The van der Waals surface area contributed by atoms with Crippen molar-refractivity contribution in [1.29, 1.82) is 0 Å². The van der Waals surface area contributed by atoms with Crippen molar-refractivity contribution in [3.63, 3.8) is 0 Å². The summed E-state index contributed by atoms with van der Waals surface area (Å²) in [5.74, 6) is -2.43. The third kappa shape index (κ3) is 4.65. The van der Waals surface area contributed by atoms with E-state index in [1.54, 1.807) is 0 Å². The molecule has 5 N–H and O–H groups in total. The topological polar surface area (TPSA) is 122 Å². The molecule has 2 aromatic carbocycles. The second-order valence-electron chi connectivity index (χ2n) is 5.41. The second kappa shape index (κ2) is 8.07. The Morgan fingerprint density at radius 3 is 2.15 bits per heavy atom. The van der Waals surface area contributed by atoms with Crippen LogP contribution in [-0.4, -0.2) is 28.9 Å². The van der Waals surface area contributed by atoms with Gasteiger partial charge in [0.1, 0.15) is 6.04 Å². The minimum absolute atomic E-state index is 0.0587. The molecule has 0 aromatic heterocycles. The van der Waals surface area contributed by atoms with Gasteiger partial charge in [-0.2, -0.15) is 0 Å². The number of halogens is 2. The molecule has 0 saturated heterocycles. The number of nitrogen functional groups attached to an aromatic ring is 1. The van der Waals surface area contributed by atoms with E-state index in [2.05, 4.69) is 10.6 Å². The Morgan fingerprint density at radius 2 is 1.58 bits per heavy atom. The van der Waals surface area contributed by atoms with Crippen LogP contribution in [0, 0.1) is 0 Å². The lowest BCUT2D eigenvalue weighted by molar-refractivity contribution is -0.138. The zero-order valence-corrected chi connectivity index (χ0v) is 15.1. The maximum Gasteiger partial charge on any atom is 0.325 e. The number of carbonyl (C=O) groups excluding carboxylic acids is 2. The second-order valence-corrected chi connectivity index (χ2v) is 6.28. The quantitative estimate of drug-likeness (QED) is 0.579. The predicted octanol–water partition coefficient (Wildman–Crippen LogP) is 3.03. The summed E-state index contributed by atoms with van der Waals surface area (Å²) >= 11 is 11.8. The summed E-state index contributed by atoms with van der Waals surface area (Å²) in [6.07, 6.45) is 0. The fraction of sp³-hybridized carbons (Fsp3) is 0.118. The van der Waals surface area contributed by atoms with E-state index in [0.29, 0.717) is 5.02 Å². The van der Waals surface area contributed by atoms with Gasteiger partial charge in [0, 0.05) is 15.7 Å². The van der Waals surface area contributed by atoms with Gasteiger partial charge in [-0.25, -0.2) is 0 Å². The van der Waals surface area contributed by atoms with Gasteiger partial charge in [0.15, 0.2) is 0 Å². The van der Waals surface area contributed by atoms with Gasteiger partial charge in [0.2, 0.25) is 0 Å². The standard InChI is InChI=1S/C17H15Cl2N3O4/c1-8(17(25)26)21-16(24)12-5-3-10(19)7-14(12)22-15(23)11-4-2-9(18)6-13(11)20/h2-8H,20H2,1H3,(H,21,24)(H,22,23)(H,25,26)/t8-/m0/s1. The van der Waals surface area contributed by atoms with Gasteiger partial charge < -0.3 is 21.5 Å². The van der Waals surface area contributed by atoms with Crippen molar-refractivity contribution in [1.82, 2.24) is 5.32 Å². The van der Waals surface area contributed by atoms with Crippen LogP contribution >= 0.6 is 23.2 Å². The molecule has 0 heterocycles. The van der Waals surface area contributed by atoms with E-state index in [-0.39, 0.29) is 27.5 Å². The first-order valence-corrected chi connectivity index (χ1v) is 8.14. The van der Waals surface area contributed by atoms with E-state index >= 15 is 0 Å². The molecule has 0 radical (unpaired) electrons. The number of rotatable bonds is 5. The van der Waals surface area contributed by atoms with E-state index in [0.717, 1.165) is 0 Å². The van der Waals surface area contributed by atoms with Crippen molar-refractivity contribution in [3.8, 4) is 0 Å². The monoisotopic (exact) mass is 395 g/mol. The molecule has 0 bridgehead atoms. The summed E-state index contributed by atoms with van der Waals surface area (Å²) in [6.45, 7) is 1.32. The lowest BCUT2D eigenvalue weighted by Crippen LogP contribution is -2.38. The van der Waals surface area contributed by atoms with Gasteiger partial charge in [-0.1, -0.05) is 23.2 Å². The molecule has 1 atom stereocenters. The Hall–Kier alpha value is -2.77. The average molecular weight is 396 g/mol. The Morgan fingerprint density at radius 1 is 1.00 bits per heavy atom. The Kier molecular flexibility index (Phi) is 6.07. The molecule has 0 fully saturated rings. The molecule has 9 heteroatoms. The normalized spacial score (nSPS) is 11.5. The van der Waals surface area contributed by atoms with Crippen LogP contribution in [0.4, 0.5) is 11.4 Å². The first kappa shape index (κ1) is 19.6. The van der Waals surface area contributed by atoms with E-state index < -0.39 is 23.8 Å². The summed E-state index contributed by atoms with van der Waals surface area (Å²) < 4.78 is 0. The van der Waals surface area contributed by atoms with E-state index in [9.17, 15) is 14.4 Å². The van der Waals surface area contributed by atoms with Crippen LogP contribution in [0.25, 0.3) is 0 Å². The van der Waals surface area contributed by atoms with Crippen molar-refractivity contribution in [3.05, 3.63) is 57.6 Å². The number of carboxylic acids is 1. The molecule has 0 aliphatic carbocycles. The molecule has 2 rings (SSSR count). The fourth-order valence-corrected chi connectivity index (χ4v) is 2.44. The maximum absolute atomic E-state index is 12.5. The van der Waals surface area contributed by atoms with Crippen LogP contribution in [0.15, 0.2) is 36.4 Å². The number of amides is 2. The first-order valence-electron chi connectivity index (χ1n) is 7.38. The highest BCUT2D eigenvalue weighted by atomic mass is 35.5. The minimum Gasteiger partial charge on any atom is -0.480 e. The molecule has 7 nitrogen and oxygen atoms in total. The van der Waals surface area contributed by atoms with Gasteiger partial charge in [-0.15, -0.1) is 0 Å². The number of benzene rings is 2. The Labute approximate surface area is 159 Å². The smallest absolute Gasteiger partial charge is 0.325 e. The zero-order valence-electron chi connectivity index (χ0n) is 13.5. The maximum atomic E-state index is 12.5. The van der Waals surface area contributed by atoms with Crippen molar-refractivity contribution in [2.75, 3.05) is 11.1 Å². The highest BCUT2D eigenvalue weighted by molar-refractivity contribution is 6.31. The van der Waals surface area contributed by atoms with Gasteiger partial charge in [-0.3, -0.25) is 14.4 Å². The molecule has 2 aromatic rings. The van der Waals surface area contributed by atoms with Crippen LogP contribution in [0.5, 0.6) is 0 Å². The molecule has 0 aliphatic heterocycles. The predicted molar refractivity (Wildman–Crippen MR) is 99.8 cm³/mol. The largest absolute Gasteiger partial charge is 0.480 e. The van der Waals surface area contributed by atoms with Gasteiger partial charge >= 0.3 is 5.97 Å². The summed E-state index contributed by atoms with van der Waals surface area (Å²) in [4.78, 5) is 35.7. The van der Waals surface area contributed by atoms with Crippen LogP contribution < -0.4 is 16.4 Å². The van der Waals surface area contributed by atoms with Crippen LogP contribution in [0.3, 0.4) is 0 Å². The first-order chi connectivity index (χ1) is 12.2. The van der Waals surface area contributed by atoms with Crippen molar-refractivity contribution >= 4 is 52.4 Å². The molecule has 0 saturated carbocycles. The Bertz CT molecular complexity index is 886. The number of nitrogens with two attached hydrogens (primary N) is 1. The molecule has 0 spiro atoms. The number of carboxylic acid groups (broad SMARTS) is 1. The van der Waals surface area contributed by atoms with Crippen molar-refractivity contribution < 1.29 is 19.5 Å². The summed E-state index contributed by atoms with van der Waals surface area (Å²) in [5.41, 5.74) is 6.30. The highest BCUT2D eigenvalue weighted by Crippen LogP contribution is 2.24. The SMILES string of the molecule is C[C@H](NC(=O)c1ccc(Cl)cc1NC(=O)c1ccc(Cl)cc1N)C(=O)O. The van der Waals surface area contributed by atoms with Crippen molar-refractivity contribution in [2.45, 2.75) is 13.0 Å². The third-order valence-electron chi connectivity index (χ3n) is 3.45. The van der Waals surface area contributed by atoms with Crippen LogP contribution in [-0.2, 0) is 4.79 Å². The highest BCUT2D eigenvalue weighted by Gasteiger charge is 2.20. The van der Waals surface area contributed by atoms with E-state index in [4.69, 9.17) is 34.0 Å². The summed E-state index contributed by atoms with van der Waals surface area (Å²) in [6, 6.07) is 7.49. The molecule has 136 valence electrons. The number of carbonyl (C=O) groups is 3. The van der Waals surface area contributed by atoms with Crippen molar-refractivity contribution in [2.24, 2.45) is 0 Å². The van der Waals surface area contributed by atoms with Crippen LogP contribution in [0.1, 0.15) is 27.6 Å². The van der Waals surface area contributed by atoms with Gasteiger partial charge in [-0.05, 0) is 43.3 Å². The number of nitrogens with one attached hydrogen (secondary N) is 2. The number of hydrogen-bond donors (Lipinski definition) is 4. The molecular weight excluding hydrogens is 381 g/mol. The van der Waals surface area contributed by atoms with Gasteiger partial charge in [0.05, 0.1) is 16.8 Å². The molecule has 26 heavy (non-hydrogen) atoms. The summed E-state index contributed by atoms with van der Waals surface area (Å²) in [5, 5.41) is 14.4. The molecule has 2 amide bonds. The number of aliphatic carboxylic acids is 1.